The molecule has 6 heteroatoms. The van der Waals surface area contributed by atoms with Crippen LogP contribution in [0.25, 0.3) is 0 Å². The van der Waals surface area contributed by atoms with Crippen molar-refractivity contribution in [2.24, 2.45) is 5.41 Å². The van der Waals surface area contributed by atoms with E-state index in [0.717, 1.165) is 26.0 Å². The highest BCUT2D eigenvalue weighted by molar-refractivity contribution is 6.45. The van der Waals surface area contributed by atoms with Crippen LogP contribution >= 0.6 is 0 Å². The van der Waals surface area contributed by atoms with Gasteiger partial charge in [0.05, 0.1) is 11.2 Å². The van der Waals surface area contributed by atoms with Crippen LogP contribution in [-0.2, 0) is 18.6 Å². The molecule has 0 saturated carbocycles. The van der Waals surface area contributed by atoms with Gasteiger partial charge in [-0.05, 0) is 40.3 Å². The third-order valence-corrected chi connectivity index (χ3v) is 4.34. The summed E-state index contributed by atoms with van der Waals surface area (Å²) in [7, 11) is -0.257. The predicted molar refractivity (Wildman–Crippen MR) is 77.1 cm³/mol. The Morgan fingerprint density at radius 3 is 2.00 bits per heavy atom. The van der Waals surface area contributed by atoms with E-state index < -0.39 is 0 Å². The highest BCUT2D eigenvalue weighted by Gasteiger charge is 2.52. The van der Waals surface area contributed by atoms with Gasteiger partial charge in [-0.2, -0.15) is 0 Å². The third kappa shape index (κ3) is 3.35. The Kier molecular flexibility index (Phi) is 4.09. The average Bonchev–Trinajstić information content (AvgIpc) is 2.46. The molecule has 0 N–H and O–H groups in total. The van der Waals surface area contributed by atoms with Gasteiger partial charge in [-0.15, -0.1) is 0 Å². The molecule has 2 aliphatic heterocycles. The summed E-state index contributed by atoms with van der Waals surface area (Å²) < 4.78 is 23.3. The van der Waals surface area contributed by atoms with Gasteiger partial charge in [-0.3, -0.25) is 0 Å². The number of hydrogen-bond acceptors (Lipinski definition) is 4. The molecule has 2 saturated heterocycles. The van der Waals surface area contributed by atoms with Gasteiger partial charge in [0, 0.05) is 18.6 Å². The molecule has 0 radical (unpaired) electrons. The second-order valence-electron chi connectivity index (χ2n) is 7.30. The molecule has 19 heavy (non-hydrogen) atoms. The van der Waals surface area contributed by atoms with Gasteiger partial charge < -0.3 is 18.6 Å². The largest absolute Gasteiger partial charge is 0.456 e. The molecule has 0 spiro atoms. The Morgan fingerprint density at radius 1 is 0.947 bits per heavy atom. The molecule has 108 valence electrons. The first-order valence-electron chi connectivity index (χ1n) is 7.22. The maximum atomic E-state index is 5.96. The van der Waals surface area contributed by atoms with Gasteiger partial charge in [-0.1, -0.05) is 13.8 Å². The lowest BCUT2D eigenvalue weighted by molar-refractivity contribution is -0.0172. The van der Waals surface area contributed by atoms with Crippen molar-refractivity contribution in [2.75, 3.05) is 13.2 Å². The SMILES string of the molecule is CB1OC(C)(C)C(C)(CCB2OCC(C)(C)CO2)O1. The van der Waals surface area contributed by atoms with Gasteiger partial charge in [0.25, 0.3) is 0 Å². The van der Waals surface area contributed by atoms with Gasteiger partial charge in [0.1, 0.15) is 0 Å². The first kappa shape index (κ1) is 15.4. The maximum absolute atomic E-state index is 5.96. The Hall–Kier alpha value is -0.0301. The molecule has 1 unspecified atom stereocenters. The Bertz CT molecular complexity index is 325. The van der Waals surface area contributed by atoms with Crippen LogP contribution in [0.1, 0.15) is 41.0 Å². The molecular formula is C13H26B2O4. The first-order chi connectivity index (χ1) is 8.64. The molecule has 0 bridgehead atoms. The van der Waals surface area contributed by atoms with Crippen LogP contribution in [0.2, 0.25) is 13.1 Å². The lowest BCUT2D eigenvalue weighted by atomic mass is 9.72. The quantitative estimate of drug-likeness (QED) is 0.737. The van der Waals surface area contributed by atoms with Crippen molar-refractivity contribution in [2.45, 2.75) is 65.4 Å². The number of hydrogen-bond donors (Lipinski definition) is 0. The third-order valence-electron chi connectivity index (χ3n) is 4.34. The topological polar surface area (TPSA) is 36.9 Å². The van der Waals surface area contributed by atoms with Crippen molar-refractivity contribution < 1.29 is 18.6 Å². The standard InChI is InChI=1S/C13H26B2O4/c1-11(2)9-16-15(17-10-11)8-7-13(5)12(3,4)18-14(6)19-13/h7-10H2,1-6H3. The minimum Gasteiger partial charge on any atom is -0.410 e. The number of rotatable bonds is 3. The summed E-state index contributed by atoms with van der Waals surface area (Å²) in [4.78, 5) is 0. The van der Waals surface area contributed by atoms with Crippen LogP contribution < -0.4 is 0 Å². The fraction of sp³-hybridized carbons (Fsp3) is 1.00. The molecule has 2 fully saturated rings. The van der Waals surface area contributed by atoms with E-state index in [9.17, 15) is 0 Å². The second kappa shape index (κ2) is 5.06. The van der Waals surface area contributed by atoms with Crippen LogP contribution in [0.4, 0.5) is 0 Å². The summed E-state index contributed by atoms with van der Waals surface area (Å²) in [5.41, 5.74) is -0.437. The zero-order valence-electron chi connectivity index (χ0n) is 13.1. The fourth-order valence-corrected chi connectivity index (χ4v) is 2.72. The molecule has 2 aliphatic rings. The van der Waals surface area contributed by atoms with Crippen LogP contribution in [0.5, 0.6) is 0 Å². The predicted octanol–water partition coefficient (Wildman–Crippen LogP) is 2.64. The van der Waals surface area contributed by atoms with Crippen molar-refractivity contribution in [3.05, 3.63) is 0 Å². The summed E-state index contributed by atoms with van der Waals surface area (Å²) in [5, 5.41) is 0. The van der Waals surface area contributed by atoms with Crippen molar-refractivity contribution in [1.82, 2.24) is 0 Å². The van der Waals surface area contributed by atoms with Crippen LogP contribution in [0.3, 0.4) is 0 Å². The van der Waals surface area contributed by atoms with Crippen LogP contribution in [0.15, 0.2) is 0 Å². The van der Waals surface area contributed by atoms with Gasteiger partial charge in [-0.25, -0.2) is 0 Å². The zero-order valence-corrected chi connectivity index (χ0v) is 13.1. The summed E-state index contributed by atoms with van der Waals surface area (Å²) in [6.07, 6.45) is 1.71. The summed E-state index contributed by atoms with van der Waals surface area (Å²) in [5.74, 6) is 0. The van der Waals surface area contributed by atoms with Crippen molar-refractivity contribution in [1.29, 1.82) is 0 Å². The Balaban J connectivity index is 1.86. The molecule has 2 heterocycles. The Morgan fingerprint density at radius 2 is 1.53 bits per heavy atom. The van der Waals surface area contributed by atoms with Crippen LogP contribution in [0, 0.1) is 5.41 Å². The molecule has 2 rings (SSSR count). The molecule has 4 nitrogen and oxygen atoms in total. The normalized spacial score (nSPS) is 33.8. The lowest BCUT2D eigenvalue weighted by Crippen LogP contribution is -2.47. The zero-order chi connectivity index (χ0) is 14.3. The van der Waals surface area contributed by atoms with E-state index in [4.69, 9.17) is 18.6 Å². The van der Waals surface area contributed by atoms with Gasteiger partial charge in [0.2, 0.25) is 0 Å². The maximum Gasteiger partial charge on any atom is 0.456 e. The van der Waals surface area contributed by atoms with E-state index in [0.29, 0.717) is 0 Å². The molecule has 0 aromatic rings. The highest BCUT2D eigenvalue weighted by Crippen LogP contribution is 2.41. The van der Waals surface area contributed by atoms with Crippen molar-refractivity contribution >= 4 is 14.2 Å². The van der Waals surface area contributed by atoms with Gasteiger partial charge in [0.15, 0.2) is 0 Å². The summed E-state index contributed by atoms with van der Waals surface area (Å²) in [6, 6.07) is 0. The summed E-state index contributed by atoms with van der Waals surface area (Å²) >= 11 is 0. The molecule has 0 amide bonds. The molecule has 1 atom stereocenters. The molecule has 0 aromatic heterocycles. The second-order valence-corrected chi connectivity index (χ2v) is 7.30. The van der Waals surface area contributed by atoms with Gasteiger partial charge >= 0.3 is 14.2 Å². The minimum atomic E-state index is -0.286. The molecule has 0 aliphatic carbocycles. The van der Waals surface area contributed by atoms with Crippen molar-refractivity contribution in [3.63, 3.8) is 0 Å². The molecular weight excluding hydrogens is 242 g/mol. The average molecular weight is 268 g/mol. The van der Waals surface area contributed by atoms with Crippen molar-refractivity contribution in [3.8, 4) is 0 Å². The smallest absolute Gasteiger partial charge is 0.410 e. The Labute approximate surface area is 117 Å². The lowest BCUT2D eigenvalue weighted by Gasteiger charge is -2.38. The van der Waals surface area contributed by atoms with E-state index >= 15 is 0 Å². The van der Waals surface area contributed by atoms with E-state index in [1.807, 2.05) is 6.82 Å². The minimum absolute atomic E-state index is 0.111. The molecule has 0 aromatic carbocycles. The van der Waals surface area contributed by atoms with Crippen LogP contribution in [-0.4, -0.2) is 38.7 Å². The highest BCUT2D eigenvalue weighted by atomic mass is 16.7. The monoisotopic (exact) mass is 268 g/mol. The van der Waals surface area contributed by atoms with E-state index in [-0.39, 0.29) is 30.9 Å². The summed E-state index contributed by atoms with van der Waals surface area (Å²) in [6.45, 7) is 14.1. The van der Waals surface area contributed by atoms with E-state index in [1.165, 1.54) is 0 Å². The fourth-order valence-electron chi connectivity index (χ4n) is 2.72. The first-order valence-corrected chi connectivity index (χ1v) is 7.22. The van der Waals surface area contributed by atoms with E-state index in [1.54, 1.807) is 0 Å². The van der Waals surface area contributed by atoms with E-state index in [2.05, 4.69) is 34.6 Å².